The number of aryl methyl sites for hydroxylation is 1. The summed E-state index contributed by atoms with van der Waals surface area (Å²) in [4.78, 5) is 17.5. The van der Waals surface area contributed by atoms with Crippen molar-refractivity contribution in [1.29, 1.82) is 0 Å². The predicted molar refractivity (Wildman–Crippen MR) is 125 cm³/mol. The van der Waals surface area contributed by atoms with Crippen LogP contribution in [-0.4, -0.2) is 71.9 Å². The Morgan fingerprint density at radius 1 is 1.13 bits per heavy atom. The quantitative estimate of drug-likeness (QED) is 0.540. The van der Waals surface area contributed by atoms with E-state index < -0.39 is 0 Å². The molecule has 0 N–H and O–H groups in total. The molecule has 31 heavy (non-hydrogen) atoms. The van der Waals surface area contributed by atoms with E-state index in [9.17, 15) is 4.79 Å². The molecule has 0 radical (unpaired) electrons. The molecule has 1 aliphatic heterocycles. The van der Waals surface area contributed by atoms with E-state index in [-0.39, 0.29) is 5.97 Å². The van der Waals surface area contributed by atoms with Gasteiger partial charge in [0.1, 0.15) is 0 Å². The first-order valence-corrected chi connectivity index (χ1v) is 11.2. The van der Waals surface area contributed by atoms with Gasteiger partial charge in [0.05, 0.1) is 24.2 Å². The highest BCUT2D eigenvalue weighted by Crippen LogP contribution is 2.33. The van der Waals surface area contributed by atoms with Crippen molar-refractivity contribution in [3.05, 3.63) is 52.7 Å². The Labute approximate surface area is 188 Å². The van der Waals surface area contributed by atoms with Crippen molar-refractivity contribution in [1.82, 2.24) is 19.6 Å². The second-order valence-corrected chi connectivity index (χ2v) is 8.60. The van der Waals surface area contributed by atoms with Gasteiger partial charge < -0.3 is 9.64 Å². The van der Waals surface area contributed by atoms with Crippen LogP contribution in [0.3, 0.4) is 0 Å². The highest BCUT2D eigenvalue weighted by molar-refractivity contribution is 6.33. The Morgan fingerprint density at radius 2 is 1.90 bits per heavy atom. The summed E-state index contributed by atoms with van der Waals surface area (Å²) in [5, 5.41) is 6.24. The summed E-state index contributed by atoms with van der Waals surface area (Å²) in [6.07, 6.45) is 1.96. The predicted octanol–water partition coefficient (Wildman–Crippen LogP) is 4.09. The summed E-state index contributed by atoms with van der Waals surface area (Å²) in [6.45, 7) is 10.2. The lowest BCUT2D eigenvalue weighted by Gasteiger charge is -2.32. The third kappa shape index (κ3) is 4.92. The lowest BCUT2D eigenvalue weighted by Crippen LogP contribution is -2.45. The lowest BCUT2D eigenvalue weighted by molar-refractivity contribution is 0.0528. The van der Waals surface area contributed by atoms with Crippen LogP contribution in [0.2, 0.25) is 5.02 Å². The van der Waals surface area contributed by atoms with Gasteiger partial charge in [0, 0.05) is 54.9 Å². The Balaban J connectivity index is 1.67. The van der Waals surface area contributed by atoms with E-state index in [4.69, 9.17) is 21.4 Å². The monoisotopic (exact) mass is 440 g/mol. The van der Waals surface area contributed by atoms with Crippen molar-refractivity contribution in [2.45, 2.75) is 20.4 Å². The molecule has 7 heteroatoms. The van der Waals surface area contributed by atoms with Crippen molar-refractivity contribution in [3.63, 3.8) is 0 Å². The van der Waals surface area contributed by atoms with Crippen LogP contribution in [0.4, 0.5) is 0 Å². The van der Waals surface area contributed by atoms with Crippen molar-refractivity contribution in [3.8, 4) is 11.1 Å². The van der Waals surface area contributed by atoms with Gasteiger partial charge in [-0.1, -0.05) is 23.7 Å². The highest BCUT2D eigenvalue weighted by Gasteiger charge is 2.18. The van der Waals surface area contributed by atoms with Crippen molar-refractivity contribution < 1.29 is 9.53 Å². The van der Waals surface area contributed by atoms with E-state index in [1.165, 1.54) is 0 Å². The molecule has 0 atom stereocenters. The van der Waals surface area contributed by atoms with Crippen LogP contribution in [0.15, 0.2) is 36.5 Å². The van der Waals surface area contributed by atoms with E-state index in [2.05, 4.69) is 16.8 Å². The number of aromatic nitrogens is 2. The molecule has 2 heterocycles. The smallest absolute Gasteiger partial charge is 0.338 e. The molecule has 0 unspecified atom stereocenters. The maximum Gasteiger partial charge on any atom is 0.338 e. The molecule has 0 amide bonds. The summed E-state index contributed by atoms with van der Waals surface area (Å²) in [5.74, 6) is -0.337. The van der Waals surface area contributed by atoms with E-state index in [1.807, 2.05) is 55.1 Å². The maximum absolute atomic E-state index is 12.7. The number of esters is 1. The molecule has 1 fully saturated rings. The fraction of sp³-hybridized carbons (Fsp3) is 0.417. The number of benzene rings is 2. The van der Waals surface area contributed by atoms with Gasteiger partial charge in [0.25, 0.3) is 0 Å². The standard InChI is InChI=1S/C24H29ClN4O2/c1-4-31-24(30)20-14-18(19-6-5-17(2)13-22(19)25)15-23-21(20)16-29(26-23)12-11-28-9-7-27(3)8-10-28/h5-6,13-16H,4,7-12H2,1-3H3. The average molecular weight is 441 g/mol. The minimum absolute atomic E-state index is 0.327. The SMILES string of the molecule is CCOC(=O)c1cc(-c2ccc(C)cc2Cl)cc2nn(CCN3CCN(C)CC3)cc12. The van der Waals surface area contributed by atoms with E-state index in [1.54, 1.807) is 0 Å². The number of fused-ring (bicyclic) bond motifs is 1. The number of halogens is 1. The number of carbonyl (C=O) groups excluding carboxylic acids is 1. The molecule has 0 saturated carbocycles. The number of nitrogens with zero attached hydrogens (tertiary/aromatic N) is 4. The second-order valence-electron chi connectivity index (χ2n) is 8.20. The van der Waals surface area contributed by atoms with Crippen LogP contribution in [0.5, 0.6) is 0 Å². The number of hydrogen-bond donors (Lipinski definition) is 0. The van der Waals surface area contributed by atoms with Crippen molar-refractivity contribution >= 4 is 28.5 Å². The fourth-order valence-electron chi connectivity index (χ4n) is 3.99. The van der Waals surface area contributed by atoms with Gasteiger partial charge in [-0.05, 0) is 50.2 Å². The Bertz CT molecular complexity index is 1090. The average Bonchev–Trinajstić information content (AvgIpc) is 3.16. The van der Waals surface area contributed by atoms with Gasteiger partial charge >= 0.3 is 5.97 Å². The summed E-state index contributed by atoms with van der Waals surface area (Å²) >= 11 is 6.51. The molecule has 0 aliphatic carbocycles. The molecule has 2 aromatic carbocycles. The number of carbonyl (C=O) groups is 1. The van der Waals surface area contributed by atoms with E-state index in [0.717, 1.165) is 66.9 Å². The van der Waals surface area contributed by atoms with E-state index >= 15 is 0 Å². The normalized spacial score (nSPS) is 15.5. The molecule has 1 aliphatic rings. The first-order chi connectivity index (χ1) is 14.9. The van der Waals surface area contributed by atoms with E-state index in [0.29, 0.717) is 17.2 Å². The molecule has 4 rings (SSSR count). The summed E-state index contributed by atoms with van der Waals surface area (Å²) in [7, 11) is 2.16. The minimum atomic E-state index is -0.337. The number of piperazine rings is 1. The third-order valence-electron chi connectivity index (χ3n) is 5.84. The lowest BCUT2D eigenvalue weighted by atomic mass is 9.99. The number of ether oxygens (including phenoxy) is 1. The topological polar surface area (TPSA) is 50.6 Å². The molecular formula is C24H29ClN4O2. The third-order valence-corrected chi connectivity index (χ3v) is 6.16. The molecule has 0 spiro atoms. The Morgan fingerprint density at radius 3 is 2.61 bits per heavy atom. The van der Waals surface area contributed by atoms with Gasteiger partial charge in [-0.15, -0.1) is 0 Å². The van der Waals surface area contributed by atoms with Crippen LogP contribution < -0.4 is 0 Å². The molecule has 1 saturated heterocycles. The zero-order chi connectivity index (χ0) is 22.0. The van der Waals surface area contributed by atoms with Gasteiger partial charge in [0.15, 0.2) is 0 Å². The van der Waals surface area contributed by atoms with Crippen molar-refractivity contribution in [2.75, 3.05) is 46.4 Å². The molecular weight excluding hydrogens is 412 g/mol. The number of hydrogen-bond acceptors (Lipinski definition) is 5. The van der Waals surface area contributed by atoms with Gasteiger partial charge in [-0.3, -0.25) is 9.58 Å². The van der Waals surface area contributed by atoms with Crippen LogP contribution in [0, 0.1) is 6.92 Å². The Kier molecular flexibility index (Phi) is 6.60. The number of likely N-dealkylation sites (N-methyl/N-ethyl adjacent to an activating group) is 1. The molecule has 1 aromatic heterocycles. The second kappa shape index (κ2) is 9.39. The molecule has 164 valence electrons. The van der Waals surface area contributed by atoms with Crippen LogP contribution in [0.1, 0.15) is 22.8 Å². The summed E-state index contributed by atoms with van der Waals surface area (Å²) in [6, 6.07) is 9.80. The van der Waals surface area contributed by atoms with Crippen molar-refractivity contribution in [2.24, 2.45) is 0 Å². The maximum atomic E-state index is 12.7. The highest BCUT2D eigenvalue weighted by atomic mass is 35.5. The number of rotatable bonds is 6. The largest absolute Gasteiger partial charge is 0.462 e. The fourth-order valence-corrected chi connectivity index (χ4v) is 4.33. The zero-order valence-electron chi connectivity index (χ0n) is 18.4. The first-order valence-electron chi connectivity index (χ1n) is 10.8. The zero-order valence-corrected chi connectivity index (χ0v) is 19.2. The Hall–Kier alpha value is -2.41. The van der Waals surface area contributed by atoms with Gasteiger partial charge in [0.2, 0.25) is 0 Å². The van der Waals surface area contributed by atoms with Gasteiger partial charge in [-0.2, -0.15) is 5.10 Å². The first kappa shape index (κ1) is 21.8. The van der Waals surface area contributed by atoms with Gasteiger partial charge in [-0.25, -0.2) is 4.79 Å². The van der Waals surface area contributed by atoms with Crippen LogP contribution in [-0.2, 0) is 11.3 Å². The molecule has 3 aromatic rings. The van der Waals surface area contributed by atoms with Crippen LogP contribution in [0.25, 0.3) is 22.0 Å². The van der Waals surface area contributed by atoms with Crippen LogP contribution >= 0.6 is 11.6 Å². The molecule has 6 nitrogen and oxygen atoms in total. The summed E-state index contributed by atoms with van der Waals surface area (Å²) < 4.78 is 7.27. The minimum Gasteiger partial charge on any atom is -0.462 e. The summed E-state index contributed by atoms with van der Waals surface area (Å²) in [5.41, 5.74) is 4.14. The molecule has 0 bridgehead atoms.